The number of halogens is 1. The molecule has 0 aliphatic carbocycles. The number of hydrogen-bond acceptors (Lipinski definition) is 3. The van der Waals surface area contributed by atoms with E-state index in [1.54, 1.807) is 16.9 Å². The van der Waals surface area contributed by atoms with Crippen molar-refractivity contribution in [2.75, 3.05) is 11.9 Å². The second kappa shape index (κ2) is 6.61. The van der Waals surface area contributed by atoms with Gasteiger partial charge in [-0.05, 0) is 30.9 Å². The average Bonchev–Trinajstić information content (AvgIpc) is 3.04. The van der Waals surface area contributed by atoms with Crippen LogP contribution in [0.2, 0.25) is 0 Å². The summed E-state index contributed by atoms with van der Waals surface area (Å²) in [6.07, 6.45) is 4.81. The summed E-state index contributed by atoms with van der Waals surface area (Å²) in [5.74, 6) is -0.268. The first-order valence-electron chi connectivity index (χ1n) is 8.37. The molecule has 0 amide bonds. The lowest BCUT2D eigenvalue weighted by atomic mass is 10.1. The van der Waals surface area contributed by atoms with Crippen LogP contribution in [0.25, 0.3) is 10.9 Å². The molecule has 1 saturated heterocycles. The Bertz CT molecular complexity index is 825. The standard InChI is InChI=1S/C19H20FN3O/c20-16-11-18-15(13-22-23(18)19-8-4-5-9-24-19)10-17(16)21-12-14-6-2-1-3-7-14/h1-3,6-7,10-11,13,19,21H,4-5,8-9,12H2. The molecule has 5 heteroatoms. The quantitative estimate of drug-likeness (QED) is 0.768. The van der Waals surface area contributed by atoms with E-state index >= 15 is 0 Å². The first-order chi connectivity index (χ1) is 11.8. The second-order valence-electron chi connectivity index (χ2n) is 6.14. The second-order valence-corrected chi connectivity index (χ2v) is 6.14. The smallest absolute Gasteiger partial charge is 0.150 e. The molecule has 124 valence electrons. The minimum Gasteiger partial charge on any atom is -0.379 e. The molecule has 1 atom stereocenters. The Balaban J connectivity index is 1.58. The number of fused-ring (bicyclic) bond motifs is 1. The molecule has 2 heterocycles. The van der Waals surface area contributed by atoms with Gasteiger partial charge in [0.25, 0.3) is 0 Å². The van der Waals surface area contributed by atoms with Crippen molar-refractivity contribution in [2.45, 2.75) is 32.0 Å². The zero-order valence-corrected chi connectivity index (χ0v) is 13.4. The van der Waals surface area contributed by atoms with Gasteiger partial charge >= 0.3 is 0 Å². The minimum absolute atomic E-state index is 0.0845. The van der Waals surface area contributed by atoms with Crippen molar-refractivity contribution >= 4 is 16.6 Å². The lowest BCUT2D eigenvalue weighted by Gasteiger charge is -2.23. The van der Waals surface area contributed by atoms with E-state index < -0.39 is 0 Å². The maximum absolute atomic E-state index is 14.5. The SMILES string of the molecule is Fc1cc2c(cnn2C2CCCCO2)cc1NCc1ccccc1. The molecule has 0 saturated carbocycles. The van der Waals surface area contributed by atoms with Gasteiger partial charge in [-0.1, -0.05) is 30.3 Å². The largest absolute Gasteiger partial charge is 0.379 e. The van der Waals surface area contributed by atoms with Gasteiger partial charge in [-0.25, -0.2) is 9.07 Å². The molecule has 2 aromatic carbocycles. The van der Waals surface area contributed by atoms with Crippen LogP contribution >= 0.6 is 0 Å². The molecule has 0 spiro atoms. The molecule has 1 aromatic heterocycles. The summed E-state index contributed by atoms with van der Waals surface area (Å²) >= 11 is 0. The lowest BCUT2D eigenvalue weighted by Crippen LogP contribution is -2.19. The molecule has 1 aliphatic rings. The van der Waals surface area contributed by atoms with Crippen molar-refractivity contribution < 1.29 is 9.13 Å². The Morgan fingerprint density at radius 1 is 1.21 bits per heavy atom. The van der Waals surface area contributed by atoms with Gasteiger partial charge in [-0.3, -0.25) is 0 Å². The van der Waals surface area contributed by atoms with Crippen LogP contribution in [-0.4, -0.2) is 16.4 Å². The maximum atomic E-state index is 14.5. The van der Waals surface area contributed by atoms with Gasteiger partial charge in [0, 0.05) is 24.6 Å². The number of ether oxygens (including phenoxy) is 1. The van der Waals surface area contributed by atoms with Crippen LogP contribution in [0.15, 0.2) is 48.7 Å². The van der Waals surface area contributed by atoms with Crippen LogP contribution in [0.1, 0.15) is 31.1 Å². The van der Waals surface area contributed by atoms with Crippen molar-refractivity contribution in [1.29, 1.82) is 0 Å². The Kier molecular flexibility index (Phi) is 4.17. The topological polar surface area (TPSA) is 39.1 Å². The van der Waals surface area contributed by atoms with Crippen molar-refractivity contribution in [3.05, 3.63) is 60.0 Å². The number of rotatable bonds is 4. The highest BCUT2D eigenvalue weighted by atomic mass is 19.1. The lowest BCUT2D eigenvalue weighted by molar-refractivity contribution is -0.0366. The molecular weight excluding hydrogens is 305 g/mol. The Morgan fingerprint density at radius 2 is 2.08 bits per heavy atom. The van der Waals surface area contributed by atoms with Crippen molar-refractivity contribution in [3.63, 3.8) is 0 Å². The molecule has 1 aliphatic heterocycles. The van der Waals surface area contributed by atoms with E-state index in [0.29, 0.717) is 12.2 Å². The summed E-state index contributed by atoms with van der Waals surface area (Å²) in [4.78, 5) is 0. The highest BCUT2D eigenvalue weighted by molar-refractivity contribution is 5.83. The van der Waals surface area contributed by atoms with Gasteiger partial charge in [0.2, 0.25) is 0 Å². The van der Waals surface area contributed by atoms with E-state index in [1.165, 1.54) is 0 Å². The zero-order chi connectivity index (χ0) is 16.4. The van der Waals surface area contributed by atoms with Crippen LogP contribution in [0, 0.1) is 5.82 Å². The molecule has 3 aromatic rings. The van der Waals surface area contributed by atoms with E-state index in [4.69, 9.17) is 4.74 Å². The van der Waals surface area contributed by atoms with Gasteiger partial charge < -0.3 is 10.1 Å². The molecule has 0 bridgehead atoms. The number of benzene rings is 2. The summed E-state index contributed by atoms with van der Waals surface area (Å²) in [7, 11) is 0. The molecule has 4 rings (SSSR count). The van der Waals surface area contributed by atoms with E-state index in [9.17, 15) is 4.39 Å². The van der Waals surface area contributed by atoms with Gasteiger partial charge in [0.05, 0.1) is 17.4 Å². The highest BCUT2D eigenvalue weighted by Crippen LogP contribution is 2.29. The maximum Gasteiger partial charge on any atom is 0.150 e. The Labute approximate surface area is 140 Å². The average molecular weight is 325 g/mol. The molecule has 24 heavy (non-hydrogen) atoms. The number of anilines is 1. The predicted octanol–water partition coefficient (Wildman–Crippen LogP) is 4.49. The first kappa shape index (κ1) is 15.1. The fourth-order valence-electron chi connectivity index (χ4n) is 3.14. The molecule has 0 radical (unpaired) electrons. The number of hydrogen-bond donors (Lipinski definition) is 1. The highest BCUT2D eigenvalue weighted by Gasteiger charge is 2.19. The van der Waals surface area contributed by atoms with Gasteiger partial charge in [-0.2, -0.15) is 5.10 Å². The summed E-state index contributed by atoms with van der Waals surface area (Å²) in [6.45, 7) is 1.33. The molecule has 4 nitrogen and oxygen atoms in total. The van der Waals surface area contributed by atoms with Crippen LogP contribution in [-0.2, 0) is 11.3 Å². The zero-order valence-electron chi connectivity index (χ0n) is 13.4. The predicted molar refractivity (Wildman–Crippen MR) is 92.3 cm³/mol. The van der Waals surface area contributed by atoms with E-state index in [0.717, 1.165) is 42.3 Å². The minimum atomic E-state index is -0.268. The summed E-state index contributed by atoms with van der Waals surface area (Å²) in [5.41, 5.74) is 2.39. The number of nitrogens with zero attached hydrogens (tertiary/aromatic N) is 2. The third-order valence-electron chi connectivity index (χ3n) is 4.44. The Morgan fingerprint density at radius 3 is 2.88 bits per heavy atom. The summed E-state index contributed by atoms with van der Waals surface area (Å²) in [6, 6.07) is 13.3. The number of nitrogens with one attached hydrogen (secondary N) is 1. The van der Waals surface area contributed by atoms with Crippen LogP contribution in [0.5, 0.6) is 0 Å². The molecule has 1 fully saturated rings. The van der Waals surface area contributed by atoms with E-state index in [-0.39, 0.29) is 12.0 Å². The fourth-order valence-corrected chi connectivity index (χ4v) is 3.14. The molecule has 1 N–H and O–H groups in total. The van der Waals surface area contributed by atoms with Crippen LogP contribution in [0.3, 0.4) is 0 Å². The molecule has 1 unspecified atom stereocenters. The van der Waals surface area contributed by atoms with Crippen molar-refractivity contribution in [1.82, 2.24) is 9.78 Å². The van der Waals surface area contributed by atoms with Crippen molar-refractivity contribution in [3.8, 4) is 0 Å². The van der Waals surface area contributed by atoms with E-state index in [1.807, 2.05) is 36.4 Å². The first-order valence-corrected chi connectivity index (χ1v) is 8.37. The van der Waals surface area contributed by atoms with Gasteiger partial charge in [0.15, 0.2) is 6.23 Å². The monoisotopic (exact) mass is 325 g/mol. The summed E-state index contributed by atoms with van der Waals surface area (Å²) < 4.78 is 22.1. The normalized spacial score (nSPS) is 18.0. The van der Waals surface area contributed by atoms with Crippen molar-refractivity contribution in [2.24, 2.45) is 0 Å². The third kappa shape index (κ3) is 2.99. The summed E-state index contributed by atoms with van der Waals surface area (Å²) in [5, 5.41) is 8.50. The van der Waals surface area contributed by atoms with Crippen LogP contribution < -0.4 is 5.32 Å². The van der Waals surface area contributed by atoms with Crippen LogP contribution in [0.4, 0.5) is 10.1 Å². The Hall–Kier alpha value is -2.40. The number of aromatic nitrogens is 2. The van der Waals surface area contributed by atoms with E-state index in [2.05, 4.69) is 10.4 Å². The van der Waals surface area contributed by atoms with Gasteiger partial charge in [-0.15, -0.1) is 0 Å². The third-order valence-corrected chi connectivity index (χ3v) is 4.44. The van der Waals surface area contributed by atoms with Gasteiger partial charge in [0.1, 0.15) is 5.82 Å². The molecular formula is C19H20FN3O. The fraction of sp³-hybridized carbons (Fsp3) is 0.316.